The third-order valence-corrected chi connectivity index (χ3v) is 6.94. The quantitative estimate of drug-likeness (QED) is 0.124. The topological polar surface area (TPSA) is 165 Å². The fourth-order valence-corrected chi connectivity index (χ4v) is 5.44. The molecule has 168 valence electrons. The summed E-state index contributed by atoms with van der Waals surface area (Å²) in [5, 5.41) is 17.5. The molecule has 0 bridgehead atoms. The maximum Gasteiger partial charge on any atom is 0.275 e. The smallest absolute Gasteiger partial charge is 0.275 e. The van der Waals surface area contributed by atoms with Crippen LogP contribution in [0.4, 0.5) is 0 Å². The first-order valence-electron chi connectivity index (χ1n) is 9.35. The average Bonchev–Trinajstić information content (AvgIpc) is 3.23. The van der Waals surface area contributed by atoms with Crippen LogP contribution in [0, 0.1) is 0 Å². The number of carbonyl (C=O) groups excluding carboxylic acids is 3. The number of amides is 2. The van der Waals surface area contributed by atoms with Gasteiger partial charge in [-0.25, -0.2) is 14.3 Å². The number of carboxylic acids is 1. The minimum Gasteiger partial charge on any atom is -0.543 e. The summed E-state index contributed by atoms with van der Waals surface area (Å²) in [4.78, 5) is 47.4. The number of hydrogen-bond acceptors (Lipinski definition) is 11. The van der Waals surface area contributed by atoms with E-state index in [1.807, 2.05) is 22.8 Å². The van der Waals surface area contributed by atoms with E-state index in [-0.39, 0.29) is 11.4 Å². The molecule has 3 atom stereocenters. The van der Waals surface area contributed by atoms with Gasteiger partial charge in [0.1, 0.15) is 18.5 Å². The van der Waals surface area contributed by atoms with Crippen molar-refractivity contribution in [2.45, 2.75) is 23.7 Å². The molecule has 4 rings (SSSR count). The molecular formula is C18H19N7O5S2. The monoisotopic (exact) mass is 477 g/mol. The molecule has 2 unspecified atom stereocenters. The van der Waals surface area contributed by atoms with Gasteiger partial charge in [0, 0.05) is 23.5 Å². The van der Waals surface area contributed by atoms with Crippen LogP contribution in [0.15, 0.2) is 52.0 Å². The van der Waals surface area contributed by atoms with Crippen molar-refractivity contribution in [3.63, 3.8) is 0 Å². The SMILES string of the molecule is CON=C(C(=O)NC1C(=O)N2C(C(=O)[O-])=C(C[n+]3ccccc3)CS[C@H]12)C1(N)N=CSN1. The van der Waals surface area contributed by atoms with Gasteiger partial charge in [0.15, 0.2) is 18.9 Å². The Morgan fingerprint density at radius 3 is 2.84 bits per heavy atom. The second kappa shape index (κ2) is 8.90. The Kier molecular flexibility index (Phi) is 6.19. The Labute approximate surface area is 191 Å². The van der Waals surface area contributed by atoms with Crippen molar-refractivity contribution in [3.8, 4) is 0 Å². The van der Waals surface area contributed by atoms with Gasteiger partial charge in [0.2, 0.25) is 11.5 Å². The van der Waals surface area contributed by atoms with Crippen LogP contribution in [0.25, 0.3) is 0 Å². The number of aliphatic imine (C=N–C) groups is 1. The lowest BCUT2D eigenvalue weighted by molar-refractivity contribution is -0.689. The Balaban J connectivity index is 1.53. The van der Waals surface area contributed by atoms with Crippen LogP contribution in [0.5, 0.6) is 0 Å². The summed E-state index contributed by atoms with van der Waals surface area (Å²) in [6.07, 6.45) is 3.60. The highest BCUT2D eigenvalue weighted by atomic mass is 32.2. The van der Waals surface area contributed by atoms with Crippen LogP contribution >= 0.6 is 23.7 Å². The summed E-state index contributed by atoms with van der Waals surface area (Å²) in [7, 11) is 1.25. The summed E-state index contributed by atoms with van der Waals surface area (Å²) in [6, 6.07) is 4.53. The van der Waals surface area contributed by atoms with E-state index < -0.39 is 35.0 Å². The van der Waals surface area contributed by atoms with Crippen molar-refractivity contribution in [1.82, 2.24) is 14.9 Å². The predicted octanol–water partition coefficient (Wildman–Crippen LogP) is -2.73. The largest absolute Gasteiger partial charge is 0.543 e. The molecule has 0 spiro atoms. The van der Waals surface area contributed by atoms with Crippen molar-refractivity contribution in [1.29, 1.82) is 0 Å². The molecule has 0 aliphatic carbocycles. The van der Waals surface area contributed by atoms with E-state index in [2.05, 4.69) is 20.2 Å². The van der Waals surface area contributed by atoms with E-state index in [9.17, 15) is 19.5 Å². The zero-order valence-electron chi connectivity index (χ0n) is 16.8. The van der Waals surface area contributed by atoms with E-state index in [4.69, 9.17) is 10.6 Å². The number of aliphatic carboxylic acids is 1. The molecule has 4 N–H and O–H groups in total. The molecule has 3 aliphatic rings. The molecule has 3 aliphatic heterocycles. The zero-order chi connectivity index (χ0) is 22.9. The van der Waals surface area contributed by atoms with Crippen LogP contribution in [-0.4, -0.2) is 64.0 Å². The number of fused-ring (bicyclic) bond motifs is 1. The van der Waals surface area contributed by atoms with Crippen LogP contribution in [0.1, 0.15) is 0 Å². The van der Waals surface area contributed by atoms with E-state index in [0.717, 1.165) is 16.8 Å². The molecule has 2 amide bonds. The number of rotatable bonds is 7. The van der Waals surface area contributed by atoms with Gasteiger partial charge in [0.05, 0.1) is 17.2 Å². The first-order chi connectivity index (χ1) is 15.4. The normalized spacial score (nSPS) is 27.1. The van der Waals surface area contributed by atoms with Gasteiger partial charge in [-0.05, 0) is 11.9 Å². The number of nitrogens with zero attached hydrogens (tertiary/aromatic N) is 4. The number of hydrogen-bond donors (Lipinski definition) is 3. The number of nitrogens with two attached hydrogens (primary N) is 1. The van der Waals surface area contributed by atoms with E-state index in [1.165, 1.54) is 24.4 Å². The third kappa shape index (κ3) is 3.97. The number of pyridine rings is 1. The summed E-state index contributed by atoms with van der Waals surface area (Å²) < 4.78 is 4.54. The zero-order valence-corrected chi connectivity index (χ0v) is 18.4. The van der Waals surface area contributed by atoms with E-state index >= 15 is 0 Å². The summed E-state index contributed by atoms with van der Waals surface area (Å²) in [5.41, 5.74) is 7.57. The Bertz CT molecular complexity index is 1050. The van der Waals surface area contributed by atoms with E-state index in [0.29, 0.717) is 17.9 Å². The maximum atomic E-state index is 12.8. The second-order valence-electron chi connectivity index (χ2n) is 6.99. The number of carbonyl (C=O) groups is 3. The van der Waals surface area contributed by atoms with Crippen molar-refractivity contribution >= 4 is 52.8 Å². The lowest BCUT2D eigenvalue weighted by Crippen LogP contribution is -2.72. The highest BCUT2D eigenvalue weighted by Crippen LogP contribution is 2.40. The van der Waals surface area contributed by atoms with Crippen molar-refractivity contribution < 1.29 is 28.9 Å². The average molecular weight is 478 g/mol. The number of carboxylic acid groups (broad SMARTS) is 1. The molecule has 1 fully saturated rings. The lowest BCUT2D eigenvalue weighted by Gasteiger charge is -2.50. The van der Waals surface area contributed by atoms with Gasteiger partial charge < -0.3 is 20.1 Å². The third-order valence-electron chi connectivity index (χ3n) is 4.96. The van der Waals surface area contributed by atoms with Crippen molar-refractivity contribution in [2.75, 3.05) is 12.9 Å². The van der Waals surface area contributed by atoms with Gasteiger partial charge in [-0.15, -0.1) is 11.8 Å². The maximum absolute atomic E-state index is 12.8. The summed E-state index contributed by atoms with van der Waals surface area (Å²) in [5.74, 6) is -4.03. The molecule has 1 saturated heterocycles. The molecule has 0 saturated carbocycles. The van der Waals surface area contributed by atoms with Crippen molar-refractivity contribution in [2.24, 2.45) is 15.9 Å². The lowest BCUT2D eigenvalue weighted by atomic mass is 10.0. The fraction of sp³-hybridized carbons (Fsp3) is 0.333. The van der Waals surface area contributed by atoms with Crippen LogP contribution in [0.3, 0.4) is 0 Å². The predicted molar refractivity (Wildman–Crippen MR) is 114 cm³/mol. The van der Waals surface area contributed by atoms with Crippen LogP contribution < -0.4 is 25.4 Å². The minimum atomic E-state index is -1.62. The van der Waals surface area contributed by atoms with Gasteiger partial charge in [-0.2, -0.15) is 0 Å². The standard InChI is InChI=1S/C18H19N7O5S2/c1-30-22-13(18(19)20-9-32-23-18)14(26)21-11-15(27)25-12(17(28)29)10(8-31-16(11)25)7-24-5-3-2-4-6-24/h2-6,9,11,16,23H,7-8,19H2,1H3,(H-,21,26,28,29)/t11?,16-,18?/m1/s1. The number of aromatic nitrogens is 1. The highest BCUT2D eigenvalue weighted by molar-refractivity contribution is 8.10. The first kappa shape index (κ1) is 22.3. The van der Waals surface area contributed by atoms with Crippen molar-refractivity contribution in [3.05, 3.63) is 41.9 Å². The minimum absolute atomic E-state index is 0.167. The van der Waals surface area contributed by atoms with Gasteiger partial charge in [-0.1, -0.05) is 11.2 Å². The number of nitrogens with one attached hydrogen (secondary N) is 2. The molecule has 0 aromatic carbocycles. The Hall–Kier alpha value is -2.94. The molecule has 12 nitrogen and oxygen atoms in total. The van der Waals surface area contributed by atoms with Gasteiger partial charge >= 0.3 is 0 Å². The summed E-state index contributed by atoms with van der Waals surface area (Å²) >= 11 is 2.42. The molecule has 14 heteroatoms. The molecule has 1 aromatic rings. The van der Waals surface area contributed by atoms with Crippen LogP contribution in [-0.2, 0) is 25.8 Å². The number of thioether (sulfide) groups is 1. The fourth-order valence-electron chi connectivity index (χ4n) is 3.50. The molecule has 4 heterocycles. The Morgan fingerprint density at radius 1 is 1.47 bits per heavy atom. The van der Waals surface area contributed by atoms with Gasteiger partial charge in [-0.3, -0.25) is 20.2 Å². The number of oxime groups is 1. The second-order valence-corrected chi connectivity index (χ2v) is 8.75. The number of β-lactam (4-membered cyclic amide) rings is 1. The highest BCUT2D eigenvalue weighted by Gasteiger charge is 2.54. The molecular weight excluding hydrogens is 458 g/mol. The van der Waals surface area contributed by atoms with Crippen LogP contribution in [0.2, 0.25) is 0 Å². The first-order valence-corrected chi connectivity index (χ1v) is 11.3. The van der Waals surface area contributed by atoms with E-state index in [1.54, 1.807) is 12.4 Å². The molecule has 0 radical (unpaired) electrons. The molecule has 1 aromatic heterocycles. The van der Waals surface area contributed by atoms with Gasteiger partial charge in [0.25, 0.3) is 11.8 Å². The molecule has 32 heavy (non-hydrogen) atoms. The Morgan fingerprint density at radius 2 is 2.22 bits per heavy atom. The summed E-state index contributed by atoms with van der Waals surface area (Å²) in [6.45, 7) is 0.298.